The molecule has 0 amide bonds. The van der Waals surface area contributed by atoms with Crippen LogP contribution in [0.15, 0.2) is 18.2 Å². The minimum Gasteiger partial charge on any atom is -0.380 e. The van der Waals surface area contributed by atoms with Gasteiger partial charge in [-0.1, -0.05) is 6.07 Å². The highest BCUT2D eigenvalue weighted by molar-refractivity contribution is 5.47. The molecule has 0 bridgehead atoms. The number of rotatable bonds is 4. The Morgan fingerprint density at radius 3 is 3.00 bits per heavy atom. The van der Waals surface area contributed by atoms with Crippen LogP contribution in [0.4, 0.5) is 10.1 Å². The molecule has 1 saturated heterocycles. The van der Waals surface area contributed by atoms with E-state index in [0.29, 0.717) is 18.3 Å². The molecule has 0 radical (unpaired) electrons. The van der Waals surface area contributed by atoms with Crippen molar-refractivity contribution in [3.05, 3.63) is 29.6 Å². The molecule has 0 saturated carbocycles. The second kappa shape index (κ2) is 6.35. The number of halogens is 1. The van der Waals surface area contributed by atoms with Crippen molar-refractivity contribution >= 4 is 5.69 Å². The van der Waals surface area contributed by atoms with E-state index in [0.717, 1.165) is 25.3 Å². The van der Waals surface area contributed by atoms with Gasteiger partial charge < -0.3 is 10.1 Å². The summed E-state index contributed by atoms with van der Waals surface area (Å²) in [6.45, 7) is 9.61. The number of benzene rings is 1. The van der Waals surface area contributed by atoms with E-state index in [1.807, 2.05) is 13.0 Å². The van der Waals surface area contributed by atoms with E-state index in [-0.39, 0.29) is 11.9 Å². The Labute approximate surface area is 114 Å². The van der Waals surface area contributed by atoms with E-state index in [4.69, 9.17) is 4.74 Å². The molecule has 1 aliphatic heterocycles. The summed E-state index contributed by atoms with van der Waals surface area (Å²) in [5, 5.41) is 3.16. The lowest BCUT2D eigenvalue weighted by atomic mass is 10.2. The number of anilines is 1. The highest BCUT2D eigenvalue weighted by atomic mass is 19.1. The van der Waals surface area contributed by atoms with Gasteiger partial charge in [0.2, 0.25) is 0 Å². The molecule has 4 heteroatoms. The summed E-state index contributed by atoms with van der Waals surface area (Å²) in [5.74, 6) is -0.206. The molecule has 1 aromatic carbocycles. The van der Waals surface area contributed by atoms with Crippen LogP contribution in [0.25, 0.3) is 0 Å². The van der Waals surface area contributed by atoms with Crippen LogP contribution in [-0.2, 0) is 4.74 Å². The molecule has 0 aromatic heterocycles. The van der Waals surface area contributed by atoms with Crippen molar-refractivity contribution in [2.45, 2.75) is 32.9 Å². The zero-order valence-electron chi connectivity index (χ0n) is 11.9. The highest BCUT2D eigenvalue weighted by Crippen LogP contribution is 2.16. The first-order chi connectivity index (χ1) is 9.06. The van der Waals surface area contributed by atoms with Crippen LogP contribution < -0.4 is 5.32 Å². The summed E-state index contributed by atoms with van der Waals surface area (Å²) in [7, 11) is 0. The van der Waals surface area contributed by atoms with Gasteiger partial charge in [0.05, 0.1) is 18.4 Å². The van der Waals surface area contributed by atoms with Gasteiger partial charge in [0.15, 0.2) is 0 Å². The first-order valence-electron chi connectivity index (χ1n) is 6.92. The van der Waals surface area contributed by atoms with Crippen LogP contribution in [0.1, 0.15) is 19.4 Å². The maximum atomic E-state index is 13.6. The van der Waals surface area contributed by atoms with Crippen LogP contribution in [0.2, 0.25) is 0 Å². The smallest absolute Gasteiger partial charge is 0.146 e. The van der Waals surface area contributed by atoms with Gasteiger partial charge in [-0.25, -0.2) is 4.39 Å². The van der Waals surface area contributed by atoms with Gasteiger partial charge in [-0.05, 0) is 38.5 Å². The highest BCUT2D eigenvalue weighted by Gasteiger charge is 2.22. The molecule has 1 fully saturated rings. The Balaban J connectivity index is 1.89. The lowest BCUT2D eigenvalue weighted by Crippen LogP contribution is -2.48. The van der Waals surface area contributed by atoms with Crippen molar-refractivity contribution in [3.63, 3.8) is 0 Å². The van der Waals surface area contributed by atoms with Crippen molar-refractivity contribution in [3.8, 4) is 0 Å². The fraction of sp³-hybridized carbons (Fsp3) is 0.600. The molecular formula is C15H23FN2O. The largest absolute Gasteiger partial charge is 0.380 e. The summed E-state index contributed by atoms with van der Waals surface area (Å²) in [5.41, 5.74) is 1.61. The molecule has 1 aromatic rings. The van der Waals surface area contributed by atoms with E-state index in [9.17, 15) is 4.39 Å². The molecule has 1 heterocycles. The Morgan fingerprint density at radius 2 is 2.26 bits per heavy atom. The second-order valence-electron chi connectivity index (χ2n) is 5.45. The molecule has 1 aliphatic rings. The molecule has 2 rings (SSSR count). The van der Waals surface area contributed by atoms with Gasteiger partial charge >= 0.3 is 0 Å². The fourth-order valence-corrected chi connectivity index (χ4v) is 2.33. The third-order valence-corrected chi connectivity index (χ3v) is 3.54. The molecule has 0 aliphatic carbocycles. The zero-order valence-corrected chi connectivity index (χ0v) is 11.9. The Hall–Kier alpha value is -1.13. The topological polar surface area (TPSA) is 24.5 Å². The van der Waals surface area contributed by atoms with E-state index >= 15 is 0 Å². The average Bonchev–Trinajstić information content (AvgIpc) is 2.40. The summed E-state index contributed by atoms with van der Waals surface area (Å²) < 4.78 is 19.3. The third-order valence-electron chi connectivity index (χ3n) is 3.54. The van der Waals surface area contributed by atoms with Crippen LogP contribution in [0.3, 0.4) is 0 Å². The number of aryl methyl sites for hydroxylation is 1. The lowest BCUT2D eigenvalue weighted by molar-refractivity contribution is -0.0315. The van der Waals surface area contributed by atoms with Gasteiger partial charge in [0.25, 0.3) is 0 Å². The van der Waals surface area contributed by atoms with Crippen molar-refractivity contribution in [1.29, 1.82) is 0 Å². The van der Waals surface area contributed by atoms with Crippen molar-refractivity contribution in [1.82, 2.24) is 4.90 Å². The van der Waals surface area contributed by atoms with E-state index < -0.39 is 0 Å². The summed E-state index contributed by atoms with van der Waals surface area (Å²) >= 11 is 0. The van der Waals surface area contributed by atoms with Crippen LogP contribution in [-0.4, -0.2) is 43.3 Å². The van der Waals surface area contributed by atoms with Gasteiger partial charge in [-0.3, -0.25) is 4.90 Å². The first kappa shape index (κ1) is 14.3. The van der Waals surface area contributed by atoms with Crippen molar-refractivity contribution in [2.24, 2.45) is 0 Å². The maximum Gasteiger partial charge on any atom is 0.146 e. The van der Waals surface area contributed by atoms with E-state index in [2.05, 4.69) is 24.1 Å². The van der Waals surface area contributed by atoms with Crippen LogP contribution in [0.5, 0.6) is 0 Å². The third kappa shape index (κ3) is 3.91. The van der Waals surface area contributed by atoms with Gasteiger partial charge in [0, 0.05) is 25.7 Å². The predicted molar refractivity (Wildman–Crippen MR) is 76.1 cm³/mol. The number of hydrogen-bond acceptors (Lipinski definition) is 3. The molecular weight excluding hydrogens is 243 g/mol. The first-order valence-corrected chi connectivity index (χ1v) is 6.92. The normalized spacial score (nSPS) is 20.8. The Kier molecular flexibility index (Phi) is 4.77. The zero-order chi connectivity index (χ0) is 13.8. The number of nitrogens with one attached hydrogen (secondary N) is 1. The number of morpholine rings is 1. The molecule has 0 spiro atoms. The number of ether oxygens (including phenoxy) is 1. The van der Waals surface area contributed by atoms with Gasteiger partial charge in [-0.2, -0.15) is 0 Å². The van der Waals surface area contributed by atoms with Crippen molar-refractivity contribution in [2.75, 3.05) is 31.6 Å². The van der Waals surface area contributed by atoms with Crippen LogP contribution >= 0.6 is 0 Å². The van der Waals surface area contributed by atoms with E-state index in [1.54, 1.807) is 6.07 Å². The molecule has 1 unspecified atom stereocenters. The molecule has 1 atom stereocenters. The Bertz CT molecular complexity index is 423. The molecule has 19 heavy (non-hydrogen) atoms. The molecule has 3 nitrogen and oxygen atoms in total. The SMILES string of the molecule is Cc1ccc(F)c(NCC2CN(C(C)C)CCO2)c1. The monoisotopic (exact) mass is 266 g/mol. The predicted octanol–water partition coefficient (Wildman–Crippen LogP) is 2.66. The molecule has 1 N–H and O–H groups in total. The van der Waals surface area contributed by atoms with Crippen LogP contribution in [0, 0.1) is 12.7 Å². The minimum atomic E-state index is -0.206. The maximum absolute atomic E-state index is 13.6. The standard InChI is InChI=1S/C15H23FN2O/c1-11(2)18-6-7-19-13(10-18)9-17-15-8-12(3)4-5-14(15)16/h4-5,8,11,13,17H,6-7,9-10H2,1-3H3. The minimum absolute atomic E-state index is 0.121. The van der Waals surface area contributed by atoms with Gasteiger partial charge in [-0.15, -0.1) is 0 Å². The summed E-state index contributed by atoms with van der Waals surface area (Å²) in [6, 6.07) is 5.64. The Morgan fingerprint density at radius 1 is 1.47 bits per heavy atom. The second-order valence-corrected chi connectivity index (χ2v) is 5.45. The van der Waals surface area contributed by atoms with Gasteiger partial charge in [0.1, 0.15) is 5.82 Å². The average molecular weight is 266 g/mol. The number of nitrogens with zero attached hydrogens (tertiary/aromatic N) is 1. The van der Waals surface area contributed by atoms with E-state index in [1.165, 1.54) is 6.07 Å². The summed E-state index contributed by atoms with van der Waals surface area (Å²) in [6.07, 6.45) is 0.121. The number of hydrogen-bond donors (Lipinski definition) is 1. The quantitative estimate of drug-likeness (QED) is 0.906. The fourth-order valence-electron chi connectivity index (χ4n) is 2.33. The molecule has 106 valence electrons. The summed E-state index contributed by atoms with van der Waals surface area (Å²) in [4.78, 5) is 2.39. The lowest BCUT2D eigenvalue weighted by Gasteiger charge is -2.35. The van der Waals surface area contributed by atoms with Crippen molar-refractivity contribution < 1.29 is 9.13 Å².